The van der Waals surface area contributed by atoms with Gasteiger partial charge in [-0.05, 0) is 30.5 Å². The number of rotatable bonds is 4. The number of hydrogen-bond donors (Lipinski definition) is 0. The molecule has 3 rings (SSSR count). The summed E-state index contributed by atoms with van der Waals surface area (Å²) in [5.41, 5.74) is 0.803. The number of Topliss-reactive ketones (excluding diaryl/α,β-unsaturated/α-hetero) is 1. The number of halogens is 1. The number of amides is 1. The van der Waals surface area contributed by atoms with E-state index in [-0.39, 0.29) is 29.8 Å². The van der Waals surface area contributed by atoms with E-state index in [2.05, 4.69) is 4.98 Å². The predicted molar refractivity (Wildman–Crippen MR) is 85.9 cm³/mol. The van der Waals surface area contributed by atoms with Crippen LogP contribution in [0, 0.1) is 11.7 Å². The summed E-state index contributed by atoms with van der Waals surface area (Å²) in [6, 6.07) is 5.99. The molecule has 23 heavy (non-hydrogen) atoms. The molecule has 1 fully saturated rings. The highest BCUT2D eigenvalue weighted by Gasteiger charge is 2.28. The van der Waals surface area contributed by atoms with Crippen molar-refractivity contribution in [3.63, 3.8) is 0 Å². The van der Waals surface area contributed by atoms with Crippen LogP contribution in [0.25, 0.3) is 0 Å². The number of aromatic nitrogens is 1. The first-order valence-electron chi connectivity index (χ1n) is 7.59. The van der Waals surface area contributed by atoms with E-state index in [4.69, 9.17) is 0 Å². The maximum atomic E-state index is 12.9. The summed E-state index contributed by atoms with van der Waals surface area (Å²) in [6.07, 6.45) is 3.26. The Hall–Kier alpha value is -2.08. The summed E-state index contributed by atoms with van der Waals surface area (Å²) in [5.74, 6) is -0.235. The Morgan fingerprint density at radius 3 is 2.52 bits per heavy atom. The van der Waals surface area contributed by atoms with E-state index in [9.17, 15) is 14.0 Å². The molecule has 0 aliphatic carbocycles. The van der Waals surface area contributed by atoms with E-state index in [1.807, 2.05) is 0 Å². The molecule has 2 heterocycles. The number of nitrogens with zero attached hydrogens (tertiary/aromatic N) is 2. The predicted octanol–water partition coefficient (Wildman–Crippen LogP) is 2.95. The molecule has 1 aliphatic rings. The molecule has 0 unspecified atom stereocenters. The Labute approximate surface area is 138 Å². The van der Waals surface area contributed by atoms with Crippen molar-refractivity contribution in [3.8, 4) is 0 Å². The van der Waals surface area contributed by atoms with Crippen LogP contribution in [-0.2, 0) is 11.2 Å². The Bertz CT molecular complexity index is 677. The normalized spacial score (nSPS) is 15.6. The monoisotopic (exact) mass is 332 g/mol. The lowest BCUT2D eigenvalue weighted by molar-refractivity contribution is -0.131. The third kappa shape index (κ3) is 3.82. The minimum absolute atomic E-state index is 0.0248. The van der Waals surface area contributed by atoms with Crippen molar-refractivity contribution in [3.05, 3.63) is 52.2 Å². The minimum Gasteiger partial charge on any atom is -0.342 e. The molecule has 1 aromatic heterocycles. The molecule has 0 saturated carbocycles. The first-order chi connectivity index (χ1) is 11.1. The van der Waals surface area contributed by atoms with E-state index in [1.54, 1.807) is 28.6 Å². The summed E-state index contributed by atoms with van der Waals surface area (Å²) in [4.78, 5) is 30.4. The third-order valence-corrected chi connectivity index (χ3v) is 4.92. The van der Waals surface area contributed by atoms with Crippen LogP contribution in [0.4, 0.5) is 4.39 Å². The topological polar surface area (TPSA) is 50.3 Å². The van der Waals surface area contributed by atoms with E-state index < -0.39 is 0 Å². The first kappa shape index (κ1) is 15.8. The van der Waals surface area contributed by atoms with Gasteiger partial charge in [-0.1, -0.05) is 12.1 Å². The lowest BCUT2D eigenvalue weighted by atomic mass is 9.92. The number of ketones is 1. The van der Waals surface area contributed by atoms with Crippen LogP contribution in [0.15, 0.2) is 35.8 Å². The maximum Gasteiger partial charge on any atom is 0.226 e. The van der Waals surface area contributed by atoms with Crippen LogP contribution < -0.4 is 0 Å². The average Bonchev–Trinajstić information content (AvgIpc) is 3.11. The second-order valence-corrected chi connectivity index (χ2v) is 6.55. The summed E-state index contributed by atoms with van der Waals surface area (Å²) >= 11 is 1.36. The lowest BCUT2D eigenvalue weighted by Gasteiger charge is -2.31. The Morgan fingerprint density at radius 2 is 1.91 bits per heavy atom. The quantitative estimate of drug-likeness (QED) is 0.809. The number of thiazole rings is 1. The van der Waals surface area contributed by atoms with Crippen LogP contribution >= 0.6 is 11.3 Å². The van der Waals surface area contributed by atoms with E-state index in [1.165, 1.54) is 23.5 Å². The van der Waals surface area contributed by atoms with Gasteiger partial charge in [0.15, 0.2) is 10.8 Å². The SMILES string of the molecule is O=C(c1nccs1)C1CCN(C(=O)Cc2ccc(F)cc2)CC1. The highest BCUT2D eigenvalue weighted by Crippen LogP contribution is 2.23. The van der Waals surface area contributed by atoms with Gasteiger partial charge in [0.05, 0.1) is 6.42 Å². The maximum absolute atomic E-state index is 12.9. The molecule has 4 nitrogen and oxygen atoms in total. The lowest BCUT2D eigenvalue weighted by Crippen LogP contribution is -2.41. The van der Waals surface area contributed by atoms with E-state index in [0.29, 0.717) is 30.9 Å². The standard InChI is InChI=1S/C17H17FN2O2S/c18-14-3-1-12(2-4-14)11-15(21)20-8-5-13(6-9-20)16(22)17-19-7-10-23-17/h1-4,7,10,13H,5-6,8-9,11H2. The second kappa shape index (κ2) is 7.00. The molecule has 1 aliphatic heterocycles. The van der Waals surface area contributed by atoms with Gasteiger partial charge in [0, 0.05) is 30.6 Å². The summed E-state index contributed by atoms with van der Waals surface area (Å²) in [7, 11) is 0. The van der Waals surface area contributed by atoms with Crippen molar-refractivity contribution in [2.75, 3.05) is 13.1 Å². The van der Waals surface area contributed by atoms with Gasteiger partial charge in [0.2, 0.25) is 5.91 Å². The third-order valence-electron chi connectivity index (χ3n) is 4.13. The van der Waals surface area contributed by atoms with Crippen LogP contribution in [-0.4, -0.2) is 34.7 Å². The zero-order valence-corrected chi connectivity index (χ0v) is 13.4. The molecular weight excluding hydrogens is 315 g/mol. The van der Waals surface area contributed by atoms with Crippen LogP contribution in [0.5, 0.6) is 0 Å². The van der Waals surface area contributed by atoms with Gasteiger partial charge in [-0.15, -0.1) is 11.3 Å². The highest BCUT2D eigenvalue weighted by atomic mass is 32.1. The van der Waals surface area contributed by atoms with Crippen LogP contribution in [0.1, 0.15) is 28.2 Å². The zero-order chi connectivity index (χ0) is 16.2. The molecule has 2 aromatic rings. The fraction of sp³-hybridized carbons (Fsp3) is 0.353. The van der Waals surface area contributed by atoms with E-state index in [0.717, 1.165) is 5.56 Å². The van der Waals surface area contributed by atoms with Crippen molar-refractivity contribution in [2.45, 2.75) is 19.3 Å². The number of carbonyl (C=O) groups excluding carboxylic acids is 2. The highest BCUT2D eigenvalue weighted by molar-refractivity contribution is 7.11. The molecule has 0 N–H and O–H groups in total. The fourth-order valence-electron chi connectivity index (χ4n) is 2.80. The van der Waals surface area contributed by atoms with Gasteiger partial charge in [-0.2, -0.15) is 0 Å². The largest absolute Gasteiger partial charge is 0.342 e. The van der Waals surface area contributed by atoms with Crippen molar-refractivity contribution in [1.29, 1.82) is 0 Å². The van der Waals surface area contributed by atoms with Gasteiger partial charge >= 0.3 is 0 Å². The fourth-order valence-corrected chi connectivity index (χ4v) is 3.45. The van der Waals surface area contributed by atoms with Crippen molar-refractivity contribution in [1.82, 2.24) is 9.88 Å². The Morgan fingerprint density at radius 1 is 1.22 bits per heavy atom. The number of benzene rings is 1. The summed E-state index contributed by atoms with van der Waals surface area (Å²) < 4.78 is 12.9. The van der Waals surface area contributed by atoms with Gasteiger partial charge in [-0.3, -0.25) is 9.59 Å². The first-order valence-corrected chi connectivity index (χ1v) is 8.47. The molecule has 1 aromatic carbocycles. The molecule has 1 saturated heterocycles. The molecule has 6 heteroatoms. The molecule has 0 atom stereocenters. The number of likely N-dealkylation sites (tertiary alicyclic amines) is 1. The zero-order valence-electron chi connectivity index (χ0n) is 12.6. The van der Waals surface area contributed by atoms with Crippen molar-refractivity contribution in [2.24, 2.45) is 5.92 Å². The van der Waals surface area contributed by atoms with Gasteiger partial charge in [0.25, 0.3) is 0 Å². The van der Waals surface area contributed by atoms with Crippen LogP contribution in [0.3, 0.4) is 0 Å². The minimum atomic E-state index is -0.303. The number of piperidine rings is 1. The summed E-state index contributed by atoms with van der Waals surface area (Å²) in [6.45, 7) is 1.17. The van der Waals surface area contributed by atoms with Gasteiger partial charge in [0.1, 0.15) is 5.82 Å². The number of hydrogen-bond acceptors (Lipinski definition) is 4. The van der Waals surface area contributed by atoms with Crippen molar-refractivity contribution < 1.29 is 14.0 Å². The number of carbonyl (C=O) groups is 2. The molecule has 0 radical (unpaired) electrons. The molecule has 0 spiro atoms. The van der Waals surface area contributed by atoms with E-state index >= 15 is 0 Å². The van der Waals surface area contributed by atoms with Gasteiger partial charge < -0.3 is 4.90 Å². The smallest absolute Gasteiger partial charge is 0.226 e. The van der Waals surface area contributed by atoms with Gasteiger partial charge in [-0.25, -0.2) is 9.37 Å². The average molecular weight is 332 g/mol. The molecule has 120 valence electrons. The Balaban J connectivity index is 1.53. The Kier molecular flexibility index (Phi) is 4.81. The molecule has 0 bridgehead atoms. The second-order valence-electron chi connectivity index (χ2n) is 5.66. The van der Waals surface area contributed by atoms with Crippen molar-refractivity contribution >= 4 is 23.0 Å². The molecule has 1 amide bonds. The van der Waals surface area contributed by atoms with Crippen LogP contribution in [0.2, 0.25) is 0 Å². The molecular formula is C17H17FN2O2S. The summed E-state index contributed by atoms with van der Waals surface area (Å²) in [5, 5.41) is 2.36.